The van der Waals surface area contributed by atoms with Crippen molar-refractivity contribution < 1.29 is 14.3 Å². The summed E-state index contributed by atoms with van der Waals surface area (Å²) in [6, 6.07) is 3.93. The van der Waals surface area contributed by atoms with Crippen molar-refractivity contribution in [1.29, 1.82) is 0 Å². The highest BCUT2D eigenvalue weighted by Gasteiger charge is 2.21. The quantitative estimate of drug-likeness (QED) is 0.586. The molecular formula is C18H28Br2N2O3. The zero-order valence-corrected chi connectivity index (χ0v) is 18.9. The average Bonchev–Trinajstić information content (AvgIpc) is 2.43. The zero-order valence-electron chi connectivity index (χ0n) is 15.7. The summed E-state index contributed by atoms with van der Waals surface area (Å²) in [6.45, 7) is 11.0. The van der Waals surface area contributed by atoms with Crippen molar-refractivity contribution in [3.63, 3.8) is 0 Å². The summed E-state index contributed by atoms with van der Waals surface area (Å²) in [5.74, 6) is 1.08. The van der Waals surface area contributed by atoms with Crippen LogP contribution in [0.2, 0.25) is 0 Å². The van der Waals surface area contributed by atoms with Crippen LogP contribution in [0.4, 0.5) is 4.79 Å². The molecule has 5 nitrogen and oxygen atoms in total. The molecule has 0 spiro atoms. The Bertz CT molecular complexity index is 586. The van der Waals surface area contributed by atoms with E-state index in [0.29, 0.717) is 13.1 Å². The molecule has 0 radical (unpaired) electrons. The highest BCUT2D eigenvalue weighted by molar-refractivity contribution is 9.11. The fourth-order valence-corrected chi connectivity index (χ4v) is 3.72. The highest BCUT2D eigenvalue weighted by atomic mass is 79.9. The number of carbonyl (C=O) groups is 1. The van der Waals surface area contributed by atoms with Crippen LogP contribution in [0.15, 0.2) is 21.1 Å². The lowest BCUT2D eigenvalue weighted by Crippen LogP contribution is -2.46. The van der Waals surface area contributed by atoms with Gasteiger partial charge < -0.3 is 20.1 Å². The molecule has 1 unspecified atom stereocenters. The minimum Gasteiger partial charge on any atom is -0.495 e. The summed E-state index contributed by atoms with van der Waals surface area (Å²) in [4.78, 5) is 12.0. The van der Waals surface area contributed by atoms with Crippen molar-refractivity contribution in [3.05, 3.63) is 26.6 Å². The van der Waals surface area contributed by atoms with E-state index in [1.807, 2.05) is 32.9 Å². The lowest BCUT2D eigenvalue weighted by Gasteiger charge is -2.26. The van der Waals surface area contributed by atoms with Gasteiger partial charge in [0.2, 0.25) is 0 Å². The van der Waals surface area contributed by atoms with Gasteiger partial charge in [-0.3, -0.25) is 0 Å². The molecule has 0 fully saturated rings. The van der Waals surface area contributed by atoms with E-state index in [1.54, 1.807) is 7.11 Å². The summed E-state index contributed by atoms with van der Waals surface area (Å²) in [5.41, 5.74) is 0.526. The molecular weight excluding hydrogens is 452 g/mol. The summed E-state index contributed by atoms with van der Waals surface area (Å²) >= 11 is 7.00. The molecule has 2 N–H and O–H groups in total. The summed E-state index contributed by atoms with van der Waals surface area (Å²) in [5, 5.41) is 6.33. The SMILES string of the molecule is COc1c(Br)cc(Br)cc1CNCC(NC(=O)OC(C)(C)C)C(C)C. The van der Waals surface area contributed by atoms with Crippen LogP contribution in [-0.4, -0.2) is 31.4 Å². The number of halogens is 2. The van der Waals surface area contributed by atoms with Gasteiger partial charge >= 0.3 is 6.09 Å². The molecule has 0 bridgehead atoms. The minimum atomic E-state index is -0.505. The summed E-state index contributed by atoms with van der Waals surface area (Å²) in [7, 11) is 1.65. The number of ether oxygens (including phenoxy) is 2. The molecule has 1 rings (SSSR count). The van der Waals surface area contributed by atoms with Gasteiger partial charge in [0.1, 0.15) is 11.4 Å². The number of hydrogen-bond acceptors (Lipinski definition) is 4. The Kier molecular flexibility index (Phi) is 8.71. The molecule has 0 heterocycles. The van der Waals surface area contributed by atoms with Gasteiger partial charge in [0, 0.05) is 29.2 Å². The molecule has 142 valence electrons. The Morgan fingerprint density at radius 2 is 1.88 bits per heavy atom. The second-order valence-electron chi connectivity index (χ2n) is 7.21. The van der Waals surface area contributed by atoms with Crippen LogP contribution in [-0.2, 0) is 11.3 Å². The Labute approximate surface area is 167 Å². The number of alkyl carbamates (subject to hydrolysis) is 1. The van der Waals surface area contributed by atoms with Gasteiger partial charge in [-0.2, -0.15) is 0 Å². The maximum atomic E-state index is 12.0. The van der Waals surface area contributed by atoms with Crippen LogP contribution >= 0.6 is 31.9 Å². The molecule has 1 atom stereocenters. The van der Waals surface area contributed by atoms with Crippen LogP contribution in [0.25, 0.3) is 0 Å². The van der Waals surface area contributed by atoms with Crippen molar-refractivity contribution in [3.8, 4) is 5.75 Å². The Balaban J connectivity index is 2.66. The van der Waals surface area contributed by atoms with E-state index in [1.165, 1.54) is 0 Å². The lowest BCUT2D eigenvalue weighted by atomic mass is 10.0. The largest absolute Gasteiger partial charge is 0.495 e. The van der Waals surface area contributed by atoms with Crippen molar-refractivity contribution in [2.75, 3.05) is 13.7 Å². The molecule has 0 saturated heterocycles. The van der Waals surface area contributed by atoms with Gasteiger partial charge in [0.25, 0.3) is 0 Å². The van der Waals surface area contributed by atoms with Crippen molar-refractivity contribution in [1.82, 2.24) is 10.6 Å². The molecule has 0 aliphatic rings. The third-order valence-electron chi connectivity index (χ3n) is 3.48. The van der Waals surface area contributed by atoms with Gasteiger partial charge in [-0.05, 0) is 54.8 Å². The predicted octanol–water partition coefficient (Wildman–Crippen LogP) is 4.86. The van der Waals surface area contributed by atoms with Crippen molar-refractivity contribution in [2.45, 2.75) is 52.8 Å². The Hall–Kier alpha value is -0.790. The van der Waals surface area contributed by atoms with Crippen LogP contribution in [0.1, 0.15) is 40.2 Å². The fraction of sp³-hybridized carbons (Fsp3) is 0.611. The zero-order chi connectivity index (χ0) is 19.2. The van der Waals surface area contributed by atoms with Gasteiger partial charge in [0.15, 0.2) is 0 Å². The van der Waals surface area contributed by atoms with E-state index >= 15 is 0 Å². The van der Waals surface area contributed by atoms with Crippen molar-refractivity contribution >= 4 is 38.0 Å². The number of nitrogens with one attached hydrogen (secondary N) is 2. The van der Waals surface area contributed by atoms with E-state index < -0.39 is 11.7 Å². The standard InChI is InChI=1S/C18H28Br2N2O3/c1-11(2)15(22-17(23)25-18(3,4)5)10-21-9-12-7-13(19)8-14(20)16(12)24-6/h7-8,11,15,21H,9-10H2,1-6H3,(H,22,23). The second-order valence-corrected chi connectivity index (χ2v) is 8.98. The maximum absolute atomic E-state index is 12.0. The second kappa shape index (κ2) is 9.78. The number of amides is 1. The third kappa shape index (κ3) is 7.96. The van der Waals surface area contributed by atoms with E-state index in [-0.39, 0.29) is 12.0 Å². The average molecular weight is 480 g/mol. The van der Waals surface area contributed by atoms with Gasteiger partial charge in [-0.25, -0.2) is 4.79 Å². The normalized spacial score (nSPS) is 12.8. The first kappa shape index (κ1) is 22.3. The van der Waals surface area contributed by atoms with E-state index in [2.05, 4.69) is 56.3 Å². The number of carbonyl (C=O) groups excluding carboxylic acids is 1. The van der Waals surface area contributed by atoms with Crippen molar-refractivity contribution in [2.24, 2.45) is 5.92 Å². The van der Waals surface area contributed by atoms with Gasteiger partial charge in [-0.1, -0.05) is 29.8 Å². The molecule has 0 saturated carbocycles. The third-order valence-corrected chi connectivity index (χ3v) is 4.52. The molecule has 25 heavy (non-hydrogen) atoms. The topological polar surface area (TPSA) is 59.6 Å². The van der Waals surface area contributed by atoms with Crippen LogP contribution < -0.4 is 15.4 Å². The van der Waals surface area contributed by atoms with E-state index in [4.69, 9.17) is 9.47 Å². The van der Waals surface area contributed by atoms with Crippen LogP contribution in [0.5, 0.6) is 5.75 Å². The number of benzene rings is 1. The number of methoxy groups -OCH3 is 1. The summed E-state index contributed by atoms with van der Waals surface area (Å²) < 4.78 is 12.7. The van der Waals surface area contributed by atoms with E-state index in [0.717, 1.165) is 20.3 Å². The molecule has 7 heteroatoms. The molecule has 0 aliphatic carbocycles. The smallest absolute Gasteiger partial charge is 0.407 e. The molecule has 0 aromatic heterocycles. The van der Waals surface area contributed by atoms with Crippen LogP contribution in [0.3, 0.4) is 0 Å². The van der Waals surface area contributed by atoms with Gasteiger partial charge in [0.05, 0.1) is 11.6 Å². The highest BCUT2D eigenvalue weighted by Crippen LogP contribution is 2.32. The molecule has 1 aromatic rings. The first-order chi connectivity index (χ1) is 11.5. The predicted molar refractivity (Wildman–Crippen MR) is 108 cm³/mol. The number of rotatable bonds is 7. The maximum Gasteiger partial charge on any atom is 0.407 e. The number of hydrogen-bond donors (Lipinski definition) is 2. The van der Waals surface area contributed by atoms with Crippen LogP contribution in [0, 0.1) is 5.92 Å². The first-order valence-electron chi connectivity index (χ1n) is 8.25. The summed E-state index contributed by atoms with van der Waals surface area (Å²) in [6.07, 6.45) is -0.393. The Morgan fingerprint density at radius 3 is 2.40 bits per heavy atom. The van der Waals surface area contributed by atoms with Gasteiger partial charge in [-0.15, -0.1) is 0 Å². The fourth-order valence-electron chi connectivity index (χ4n) is 2.25. The first-order valence-corrected chi connectivity index (χ1v) is 9.84. The monoisotopic (exact) mass is 478 g/mol. The molecule has 1 aromatic carbocycles. The molecule has 1 amide bonds. The molecule has 0 aliphatic heterocycles. The lowest BCUT2D eigenvalue weighted by molar-refractivity contribution is 0.0490. The minimum absolute atomic E-state index is 0.0311. The van der Waals surface area contributed by atoms with E-state index in [9.17, 15) is 4.79 Å². The Morgan fingerprint density at radius 1 is 1.24 bits per heavy atom.